The van der Waals surface area contributed by atoms with Gasteiger partial charge < -0.3 is 10.1 Å². The third-order valence-electron chi connectivity index (χ3n) is 4.99. The highest BCUT2D eigenvalue weighted by Gasteiger charge is 2.26. The molecule has 10 nitrogen and oxygen atoms in total. The Morgan fingerprint density at radius 2 is 1.79 bits per heavy atom. The van der Waals surface area contributed by atoms with E-state index in [-0.39, 0.29) is 22.2 Å². The van der Waals surface area contributed by atoms with Crippen molar-refractivity contribution >= 4 is 33.4 Å². The number of amides is 1. The van der Waals surface area contributed by atoms with Gasteiger partial charge in [0.05, 0.1) is 30.4 Å². The third-order valence-corrected chi connectivity index (χ3v) is 7.87. The van der Waals surface area contributed by atoms with Crippen molar-refractivity contribution in [3.8, 4) is 0 Å². The monoisotopic (exact) mass is 489 g/mol. The number of ether oxygens (including phenoxy) is 1. The highest BCUT2D eigenvalue weighted by Crippen LogP contribution is 2.20. The lowest BCUT2D eigenvalue weighted by Gasteiger charge is -2.26. The van der Waals surface area contributed by atoms with Crippen molar-refractivity contribution in [3.05, 3.63) is 70.6 Å². The van der Waals surface area contributed by atoms with Crippen LogP contribution in [0.5, 0.6) is 0 Å². The van der Waals surface area contributed by atoms with Gasteiger partial charge in [-0.2, -0.15) is 4.31 Å². The van der Waals surface area contributed by atoms with Crippen molar-refractivity contribution < 1.29 is 17.9 Å². The standard InChI is InChI=1S/C21H23N5O5S2/c27-19(15-32-21-24-23-20(28)26(21)14-16-4-2-1-3-5-16)22-17-6-8-18(9-7-17)33(29,30)25-10-12-31-13-11-25/h1-9H,10-15H2,(H,22,27)(H,23,28). The number of rotatable bonds is 8. The summed E-state index contributed by atoms with van der Waals surface area (Å²) in [5.41, 5.74) is 1.07. The summed E-state index contributed by atoms with van der Waals surface area (Å²) < 4.78 is 33.4. The molecule has 1 saturated heterocycles. The molecule has 1 aliphatic rings. The van der Waals surface area contributed by atoms with Crippen LogP contribution in [0.3, 0.4) is 0 Å². The number of thioether (sulfide) groups is 1. The van der Waals surface area contributed by atoms with Crippen LogP contribution in [-0.4, -0.2) is 65.5 Å². The number of nitrogens with one attached hydrogen (secondary N) is 2. The van der Waals surface area contributed by atoms with E-state index in [1.165, 1.54) is 21.0 Å². The SMILES string of the molecule is O=C(CSc1n[nH]c(=O)n1Cc1ccccc1)Nc1ccc(S(=O)(=O)N2CCOCC2)cc1. The van der Waals surface area contributed by atoms with Crippen LogP contribution in [-0.2, 0) is 26.1 Å². The molecular weight excluding hydrogens is 466 g/mol. The van der Waals surface area contributed by atoms with E-state index in [1.807, 2.05) is 30.3 Å². The van der Waals surface area contributed by atoms with Crippen LogP contribution in [0, 0.1) is 0 Å². The number of carbonyl (C=O) groups is 1. The molecule has 1 aliphatic heterocycles. The Balaban J connectivity index is 1.35. The minimum atomic E-state index is -3.59. The molecule has 1 amide bonds. The highest BCUT2D eigenvalue weighted by molar-refractivity contribution is 7.99. The van der Waals surface area contributed by atoms with E-state index in [2.05, 4.69) is 15.5 Å². The molecule has 1 fully saturated rings. The maximum atomic E-state index is 12.7. The van der Waals surface area contributed by atoms with Crippen molar-refractivity contribution in [1.29, 1.82) is 0 Å². The average Bonchev–Trinajstić information content (AvgIpc) is 3.18. The molecule has 2 heterocycles. The lowest BCUT2D eigenvalue weighted by atomic mass is 10.2. The number of sulfonamides is 1. The van der Waals surface area contributed by atoms with Crippen molar-refractivity contribution in [2.24, 2.45) is 0 Å². The normalized spacial score (nSPS) is 14.8. The predicted molar refractivity (Wildman–Crippen MR) is 124 cm³/mol. The van der Waals surface area contributed by atoms with Gasteiger partial charge in [-0.25, -0.2) is 18.3 Å². The molecule has 4 rings (SSSR count). The maximum absolute atomic E-state index is 12.7. The molecule has 12 heteroatoms. The lowest BCUT2D eigenvalue weighted by Crippen LogP contribution is -2.40. The summed E-state index contributed by atoms with van der Waals surface area (Å²) in [4.78, 5) is 24.6. The summed E-state index contributed by atoms with van der Waals surface area (Å²) in [6.45, 7) is 1.74. The summed E-state index contributed by atoms with van der Waals surface area (Å²) in [5, 5.41) is 9.56. The Bertz CT molecular complexity index is 1250. The molecule has 3 aromatic rings. The zero-order valence-electron chi connectivity index (χ0n) is 17.6. The fourth-order valence-corrected chi connectivity index (χ4v) is 5.45. The largest absolute Gasteiger partial charge is 0.379 e. The van der Waals surface area contributed by atoms with Crippen molar-refractivity contribution in [2.75, 3.05) is 37.4 Å². The number of H-pyrrole nitrogens is 1. The minimum Gasteiger partial charge on any atom is -0.379 e. The second kappa shape index (κ2) is 10.3. The molecule has 2 N–H and O–H groups in total. The summed E-state index contributed by atoms with van der Waals surface area (Å²) in [6.07, 6.45) is 0. The number of hydrogen-bond acceptors (Lipinski definition) is 7. The summed E-state index contributed by atoms with van der Waals surface area (Å²) in [6, 6.07) is 15.5. The van der Waals surface area contributed by atoms with Gasteiger partial charge >= 0.3 is 5.69 Å². The first-order valence-electron chi connectivity index (χ1n) is 10.2. The van der Waals surface area contributed by atoms with Crippen molar-refractivity contribution in [2.45, 2.75) is 16.6 Å². The Morgan fingerprint density at radius 3 is 2.48 bits per heavy atom. The second-order valence-electron chi connectivity index (χ2n) is 7.26. The van der Waals surface area contributed by atoms with Gasteiger partial charge in [-0.15, -0.1) is 5.10 Å². The van der Waals surface area contributed by atoms with E-state index >= 15 is 0 Å². The summed E-state index contributed by atoms with van der Waals surface area (Å²) in [7, 11) is -3.59. The van der Waals surface area contributed by atoms with E-state index in [1.54, 1.807) is 12.1 Å². The quantitative estimate of drug-likeness (QED) is 0.458. The number of nitrogens with zero attached hydrogens (tertiary/aromatic N) is 3. The highest BCUT2D eigenvalue weighted by atomic mass is 32.2. The van der Waals surface area contributed by atoms with Gasteiger partial charge in [0.2, 0.25) is 15.9 Å². The van der Waals surface area contributed by atoms with Gasteiger partial charge in [0.25, 0.3) is 0 Å². The first-order valence-corrected chi connectivity index (χ1v) is 12.7. The number of aromatic amines is 1. The third kappa shape index (κ3) is 5.71. The molecule has 0 atom stereocenters. The van der Waals surface area contributed by atoms with Gasteiger partial charge in [-0.05, 0) is 29.8 Å². The Kier molecular flexibility index (Phi) is 7.28. The van der Waals surface area contributed by atoms with Crippen LogP contribution in [0.15, 0.2) is 69.4 Å². The number of anilines is 1. The van der Waals surface area contributed by atoms with E-state index < -0.39 is 10.0 Å². The van der Waals surface area contributed by atoms with Crippen LogP contribution in [0.2, 0.25) is 0 Å². The molecule has 0 saturated carbocycles. The summed E-state index contributed by atoms with van der Waals surface area (Å²) >= 11 is 1.13. The average molecular weight is 490 g/mol. The fraction of sp³-hybridized carbons (Fsp3) is 0.286. The molecule has 0 spiro atoms. The number of benzene rings is 2. The van der Waals surface area contributed by atoms with Crippen LogP contribution >= 0.6 is 11.8 Å². The van der Waals surface area contributed by atoms with Crippen molar-refractivity contribution in [1.82, 2.24) is 19.1 Å². The van der Waals surface area contributed by atoms with Gasteiger partial charge in [-0.3, -0.25) is 9.36 Å². The first-order chi connectivity index (χ1) is 15.9. The minimum absolute atomic E-state index is 0.0346. The van der Waals surface area contributed by atoms with Crippen LogP contribution in [0.1, 0.15) is 5.56 Å². The van der Waals surface area contributed by atoms with E-state index in [0.717, 1.165) is 17.3 Å². The number of aromatic nitrogens is 3. The number of carbonyl (C=O) groups excluding carboxylic acids is 1. The smallest absolute Gasteiger partial charge is 0.344 e. The molecule has 2 aromatic carbocycles. The van der Waals surface area contributed by atoms with Gasteiger partial charge in [-0.1, -0.05) is 42.1 Å². The van der Waals surface area contributed by atoms with E-state index in [9.17, 15) is 18.0 Å². The van der Waals surface area contributed by atoms with Gasteiger partial charge in [0, 0.05) is 18.8 Å². The lowest BCUT2D eigenvalue weighted by molar-refractivity contribution is -0.113. The summed E-state index contributed by atoms with van der Waals surface area (Å²) in [5.74, 6) is -0.266. The molecule has 33 heavy (non-hydrogen) atoms. The zero-order valence-corrected chi connectivity index (χ0v) is 19.3. The Morgan fingerprint density at radius 1 is 1.09 bits per heavy atom. The molecule has 1 aromatic heterocycles. The number of morpholine rings is 1. The molecule has 174 valence electrons. The zero-order chi connectivity index (χ0) is 23.3. The van der Waals surface area contributed by atoms with Crippen molar-refractivity contribution in [3.63, 3.8) is 0 Å². The molecule has 0 bridgehead atoms. The van der Waals surface area contributed by atoms with Crippen LogP contribution in [0.25, 0.3) is 0 Å². The predicted octanol–water partition coefficient (Wildman–Crippen LogP) is 1.37. The molecule has 0 radical (unpaired) electrons. The van der Waals surface area contributed by atoms with Gasteiger partial charge in [0.1, 0.15) is 0 Å². The van der Waals surface area contributed by atoms with Crippen LogP contribution in [0.4, 0.5) is 5.69 Å². The number of hydrogen-bond donors (Lipinski definition) is 2. The van der Waals surface area contributed by atoms with E-state index in [0.29, 0.717) is 43.7 Å². The van der Waals surface area contributed by atoms with Gasteiger partial charge in [0.15, 0.2) is 5.16 Å². The Hall–Kier alpha value is -2.93. The Labute approximate surface area is 195 Å². The second-order valence-corrected chi connectivity index (χ2v) is 10.1. The maximum Gasteiger partial charge on any atom is 0.344 e. The topological polar surface area (TPSA) is 126 Å². The molecule has 0 unspecified atom stereocenters. The first kappa shape index (κ1) is 23.2. The molecule has 0 aliphatic carbocycles. The van der Waals surface area contributed by atoms with E-state index in [4.69, 9.17) is 4.74 Å². The van der Waals surface area contributed by atoms with Crippen LogP contribution < -0.4 is 11.0 Å². The fourth-order valence-electron chi connectivity index (χ4n) is 3.29. The molecular formula is C21H23N5O5S2.